The van der Waals surface area contributed by atoms with E-state index in [4.69, 9.17) is 9.47 Å². The fourth-order valence-corrected chi connectivity index (χ4v) is 2.84. The number of aromatic nitrogens is 1. The lowest BCUT2D eigenvalue weighted by atomic mass is 10.1. The predicted octanol–water partition coefficient (Wildman–Crippen LogP) is 5.49. The second kappa shape index (κ2) is 8.15. The summed E-state index contributed by atoms with van der Waals surface area (Å²) >= 11 is 3.53. The highest BCUT2D eigenvalue weighted by molar-refractivity contribution is 9.10. The number of esters is 1. The molecule has 5 heteroatoms. The number of hydrogen-bond acceptors (Lipinski definition) is 4. The highest BCUT2D eigenvalue weighted by atomic mass is 79.9. The van der Waals surface area contributed by atoms with Gasteiger partial charge in [0.2, 0.25) is 0 Å². The van der Waals surface area contributed by atoms with Crippen molar-refractivity contribution in [3.05, 3.63) is 64.3 Å². The molecule has 3 aromatic rings. The lowest BCUT2D eigenvalue weighted by molar-refractivity contribution is -0.133. The van der Waals surface area contributed by atoms with Crippen LogP contribution in [0.15, 0.2) is 53.0 Å². The zero-order valence-electron chi connectivity index (χ0n) is 14.5. The van der Waals surface area contributed by atoms with E-state index in [9.17, 15) is 4.79 Å². The molecule has 4 nitrogen and oxygen atoms in total. The molecule has 0 radical (unpaired) electrons. The molecule has 0 aliphatic carbocycles. The van der Waals surface area contributed by atoms with Gasteiger partial charge < -0.3 is 9.47 Å². The van der Waals surface area contributed by atoms with Gasteiger partial charge in [0.05, 0.1) is 12.8 Å². The van der Waals surface area contributed by atoms with Crippen LogP contribution in [0.4, 0.5) is 0 Å². The molecule has 0 bridgehead atoms. The molecule has 0 spiro atoms. The summed E-state index contributed by atoms with van der Waals surface area (Å²) in [5.41, 5.74) is 2.42. The molecule has 3 rings (SSSR count). The number of hydrogen-bond donors (Lipinski definition) is 0. The number of carbonyl (C=O) groups is 1. The third-order valence-electron chi connectivity index (χ3n) is 3.85. The van der Waals surface area contributed by atoms with Crippen molar-refractivity contribution in [1.29, 1.82) is 0 Å². The van der Waals surface area contributed by atoms with Crippen molar-refractivity contribution in [2.75, 3.05) is 7.11 Å². The van der Waals surface area contributed by atoms with Crippen molar-refractivity contribution in [3.63, 3.8) is 0 Å². The van der Waals surface area contributed by atoms with Gasteiger partial charge in [0.1, 0.15) is 11.3 Å². The Morgan fingerprint density at radius 2 is 2.00 bits per heavy atom. The van der Waals surface area contributed by atoms with E-state index in [1.54, 1.807) is 20.1 Å². The molecule has 1 heterocycles. The van der Waals surface area contributed by atoms with E-state index in [0.29, 0.717) is 17.7 Å². The van der Waals surface area contributed by atoms with Crippen LogP contribution in [0.5, 0.6) is 11.5 Å². The molecule has 0 unspecified atom stereocenters. The smallest absolute Gasteiger partial charge is 0.310 e. The van der Waals surface area contributed by atoms with Crippen LogP contribution >= 0.6 is 15.9 Å². The fourth-order valence-electron chi connectivity index (χ4n) is 2.46. The van der Waals surface area contributed by atoms with Crippen molar-refractivity contribution in [2.45, 2.75) is 13.3 Å². The Balaban J connectivity index is 1.96. The maximum Gasteiger partial charge on any atom is 0.310 e. The molecule has 0 amide bonds. The number of para-hydroxylation sites is 1. The summed E-state index contributed by atoms with van der Waals surface area (Å²) in [7, 11) is 1.64. The molecule has 0 aliphatic heterocycles. The fraction of sp³-hybridized carbons (Fsp3) is 0.143. The summed E-state index contributed by atoms with van der Waals surface area (Å²) in [6.07, 6.45) is 4.19. The first-order chi connectivity index (χ1) is 12.6. The number of ether oxygens (including phenoxy) is 2. The summed E-state index contributed by atoms with van der Waals surface area (Å²) in [6.45, 7) is 1.76. The minimum absolute atomic E-state index is 0.277. The van der Waals surface area contributed by atoms with Crippen LogP contribution in [0.1, 0.15) is 24.6 Å². The van der Waals surface area contributed by atoms with Crippen LogP contribution in [0.2, 0.25) is 0 Å². The van der Waals surface area contributed by atoms with Crippen molar-refractivity contribution in [2.24, 2.45) is 0 Å². The monoisotopic (exact) mass is 411 g/mol. The predicted molar refractivity (Wildman–Crippen MR) is 107 cm³/mol. The summed E-state index contributed by atoms with van der Waals surface area (Å²) < 4.78 is 11.6. The second-order valence-electron chi connectivity index (χ2n) is 5.61. The number of nitrogens with zero attached hydrogens (tertiary/aromatic N) is 1. The lowest BCUT2D eigenvalue weighted by Gasteiger charge is -2.07. The van der Waals surface area contributed by atoms with Crippen molar-refractivity contribution >= 4 is 45.0 Å². The topological polar surface area (TPSA) is 48.4 Å². The summed E-state index contributed by atoms with van der Waals surface area (Å²) in [5.74, 6) is 0.987. The Morgan fingerprint density at radius 1 is 1.15 bits per heavy atom. The average molecular weight is 412 g/mol. The van der Waals surface area contributed by atoms with Crippen molar-refractivity contribution in [3.8, 4) is 11.5 Å². The summed E-state index contributed by atoms with van der Waals surface area (Å²) in [6, 6.07) is 15.2. The third-order valence-corrected chi connectivity index (χ3v) is 4.58. The number of fused-ring (bicyclic) bond motifs is 1. The van der Waals surface area contributed by atoms with E-state index in [1.165, 1.54) is 0 Å². The van der Waals surface area contributed by atoms with Gasteiger partial charge in [0.25, 0.3) is 0 Å². The number of rotatable bonds is 5. The van der Waals surface area contributed by atoms with E-state index >= 15 is 0 Å². The first-order valence-corrected chi connectivity index (χ1v) is 9.02. The Morgan fingerprint density at radius 3 is 2.77 bits per heavy atom. The van der Waals surface area contributed by atoms with E-state index in [1.807, 2.05) is 54.6 Å². The van der Waals surface area contributed by atoms with Gasteiger partial charge in [-0.2, -0.15) is 0 Å². The Bertz CT molecular complexity index is 982. The molecular formula is C21H18BrNO3. The zero-order chi connectivity index (χ0) is 18.5. The van der Waals surface area contributed by atoms with Gasteiger partial charge in [0.15, 0.2) is 5.75 Å². The van der Waals surface area contributed by atoms with Crippen molar-refractivity contribution < 1.29 is 14.3 Å². The second-order valence-corrected chi connectivity index (χ2v) is 6.47. The summed E-state index contributed by atoms with van der Waals surface area (Å²) in [5, 5.41) is 0.922. The first-order valence-electron chi connectivity index (χ1n) is 8.23. The average Bonchev–Trinajstić information content (AvgIpc) is 2.67. The number of benzene rings is 2. The van der Waals surface area contributed by atoms with Crippen LogP contribution in [0, 0.1) is 0 Å². The third kappa shape index (κ3) is 4.11. The molecule has 0 fully saturated rings. The van der Waals surface area contributed by atoms with E-state index in [2.05, 4.69) is 20.9 Å². The molecule has 0 atom stereocenters. The first kappa shape index (κ1) is 18.1. The molecule has 2 aromatic carbocycles. The molecule has 26 heavy (non-hydrogen) atoms. The van der Waals surface area contributed by atoms with Gasteiger partial charge >= 0.3 is 5.97 Å². The van der Waals surface area contributed by atoms with Crippen LogP contribution < -0.4 is 9.47 Å². The zero-order valence-corrected chi connectivity index (χ0v) is 16.1. The molecule has 0 N–H and O–H groups in total. The van der Waals surface area contributed by atoms with Crippen molar-refractivity contribution in [1.82, 2.24) is 4.98 Å². The maximum absolute atomic E-state index is 11.6. The standard InChI is InChI=1S/C21H18BrNO3/c1-3-20(24)26-19-6-4-5-14-7-9-16(23-21(14)19)10-8-15-13-17(25-2)11-12-18(15)22/h4-13H,3H2,1-2H3. The van der Waals surface area contributed by atoms with Gasteiger partial charge in [-0.15, -0.1) is 0 Å². The Kier molecular flexibility index (Phi) is 5.68. The Labute approximate surface area is 160 Å². The van der Waals surface area contributed by atoms with Crippen LogP contribution in [-0.4, -0.2) is 18.1 Å². The maximum atomic E-state index is 11.6. The highest BCUT2D eigenvalue weighted by Crippen LogP contribution is 2.26. The van der Waals surface area contributed by atoms with E-state index in [-0.39, 0.29) is 5.97 Å². The van der Waals surface area contributed by atoms with Gasteiger partial charge in [-0.05, 0) is 42.0 Å². The minimum atomic E-state index is -0.277. The summed E-state index contributed by atoms with van der Waals surface area (Å²) in [4.78, 5) is 16.3. The van der Waals surface area contributed by atoms with Crippen LogP contribution in [-0.2, 0) is 4.79 Å². The normalized spacial score (nSPS) is 11.0. The SMILES string of the molecule is CCC(=O)Oc1cccc2ccc(C=Cc3cc(OC)ccc3Br)nc12. The number of halogens is 1. The van der Waals surface area contributed by atoms with E-state index in [0.717, 1.165) is 26.9 Å². The van der Waals surface area contributed by atoms with Crippen LogP contribution in [0.25, 0.3) is 23.1 Å². The molecule has 132 valence electrons. The highest BCUT2D eigenvalue weighted by Gasteiger charge is 2.08. The minimum Gasteiger partial charge on any atom is -0.497 e. The van der Waals surface area contributed by atoms with Gasteiger partial charge in [-0.3, -0.25) is 4.79 Å². The molecule has 1 aromatic heterocycles. The number of pyridine rings is 1. The number of carbonyl (C=O) groups excluding carboxylic acids is 1. The molecular weight excluding hydrogens is 394 g/mol. The quantitative estimate of drug-likeness (QED) is 0.411. The largest absolute Gasteiger partial charge is 0.497 e. The molecule has 0 saturated carbocycles. The van der Waals surface area contributed by atoms with E-state index < -0.39 is 0 Å². The lowest BCUT2D eigenvalue weighted by Crippen LogP contribution is -2.06. The van der Waals surface area contributed by atoms with Crippen LogP contribution in [0.3, 0.4) is 0 Å². The molecule has 0 aliphatic rings. The van der Waals surface area contributed by atoms with Gasteiger partial charge in [-0.25, -0.2) is 4.98 Å². The van der Waals surface area contributed by atoms with Gasteiger partial charge in [-0.1, -0.05) is 47.1 Å². The number of methoxy groups -OCH3 is 1. The van der Waals surface area contributed by atoms with Gasteiger partial charge in [0, 0.05) is 16.3 Å². The Hall–Kier alpha value is -2.66. The molecule has 0 saturated heterocycles.